The van der Waals surface area contributed by atoms with Crippen LogP contribution in [0, 0.1) is 20.2 Å². The molecule has 0 fully saturated rings. The number of non-ortho nitro benzene ring substituents is 1. The number of amides is 2. The lowest BCUT2D eigenvalue weighted by atomic mass is 10.2. The fourth-order valence-electron chi connectivity index (χ4n) is 2.50. The molecule has 0 aliphatic carbocycles. The molecule has 0 saturated heterocycles. The molecule has 11 nitrogen and oxygen atoms in total. The van der Waals surface area contributed by atoms with E-state index in [2.05, 4.69) is 10.6 Å². The number of nitro benzene ring substituents is 2. The highest BCUT2D eigenvalue weighted by atomic mass is 32.1. The number of nitro groups is 2. The number of nitrogens with zero attached hydrogens (tertiary/aromatic N) is 2. The molecule has 1 aromatic heterocycles. The quantitative estimate of drug-likeness (QED) is 0.397. The third-order valence-electron chi connectivity index (χ3n) is 3.86. The Kier molecular flexibility index (Phi) is 6.52. The van der Waals surface area contributed by atoms with Gasteiger partial charge in [0, 0.05) is 17.4 Å². The van der Waals surface area contributed by atoms with Crippen molar-refractivity contribution < 1.29 is 24.2 Å². The number of benzene rings is 2. The first-order valence-electron chi connectivity index (χ1n) is 8.64. The number of hydrogen-bond donors (Lipinski definition) is 2. The van der Waals surface area contributed by atoms with Crippen molar-refractivity contribution in [2.45, 2.75) is 0 Å². The van der Waals surface area contributed by atoms with Crippen LogP contribution in [0.1, 0.15) is 9.67 Å². The summed E-state index contributed by atoms with van der Waals surface area (Å²) in [6.45, 7) is -0.565. The minimum Gasteiger partial charge on any atom is -0.477 e. The van der Waals surface area contributed by atoms with Gasteiger partial charge in [0.1, 0.15) is 0 Å². The van der Waals surface area contributed by atoms with Crippen LogP contribution in [0.5, 0.6) is 5.75 Å². The highest BCUT2D eigenvalue weighted by molar-refractivity contribution is 7.12. The molecule has 31 heavy (non-hydrogen) atoms. The molecule has 158 valence electrons. The molecule has 0 aliphatic rings. The van der Waals surface area contributed by atoms with Crippen molar-refractivity contribution in [3.05, 3.63) is 85.1 Å². The molecule has 3 rings (SSSR count). The topological polar surface area (TPSA) is 154 Å². The zero-order valence-electron chi connectivity index (χ0n) is 15.6. The van der Waals surface area contributed by atoms with Crippen LogP contribution in [0.4, 0.5) is 22.7 Å². The van der Waals surface area contributed by atoms with E-state index in [0.29, 0.717) is 16.3 Å². The summed E-state index contributed by atoms with van der Waals surface area (Å²) >= 11 is 1.29. The monoisotopic (exact) mass is 442 g/mol. The number of thiophene rings is 1. The summed E-state index contributed by atoms with van der Waals surface area (Å²) in [5.41, 5.74) is -0.260. The standard InChI is InChI=1S/C19H14N4O7S/c24-18(11-30-16-7-6-14(22(26)27)10-15(16)23(28)29)20-12-3-1-4-13(9-12)21-19(25)17-5-2-8-31-17/h1-10H,11H2,(H,20,24)(H,21,25). The Morgan fingerprint density at radius 2 is 1.68 bits per heavy atom. The van der Waals surface area contributed by atoms with E-state index in [4.69, 9.17) is 4.74 Å². The van der Waals surface area contributed by atoms with Gasteiger partial charge in [-0.3, -0.25) is 29.8 Å². The third-order valence-corrected chi connectivity index (χ3v) is 4.73. The predicted molar refractivity (Wildman–Crippen MR) is 113 cm³/mol. The number of rotatable bonds is 8. The first-order chi connectivity index (χ1) is 14.8. The van der Waals surface area contributed by atoms with Crippen molar-refractivity contribution in [2.75, 3.05) is 17.2 Å². The van der Waals surface area contributed by atoms with Gasteiger partial charge < -0.3 is 15.4 Å². The SMILES string of the molecule is O=C(COc1ccc([N+](=O)[O-])cc1[N+](=O)[O-])Nc1cccc(NC(=O)c2cccs2)c1. The van der Waals surface area contributed by atoms with Crippen molar-refractivity contribution >= 4 is 45.9 Å². The van der Waals surface area contributed by atoms with Gasteiger partial charge in [0.05, 0.1) is 20.8 Å². The van der Waals surface area contributed by atoms with E-state index >= 15 is 0 Å². The fraction of sp³-hybridized carbons (Fsp3) is 0.0526. The van der Waals surface area contributed by atoms with Crippen molar-refractivity contribution in [1.82, 2.24) is 0 Å². The second-order valence-electron chi connectivity index (χ2n) is 6.02. The Morgan fingerprint density at radius 3 is 2.32 bits per heavy atom. The van der Waals surface area contributed by atoms with Crippen LogP contribution in [0.3, 0.4) is 0 Å². The van der Waals surface area contributed by atoms with Crippen molar-refractivity contribution in [1.29, 1.82) is 0 Å². The van der Waals surface area contributed by atoms with Crippen LogP contribution in [0.15, 0.2) is 60.0 Å². The highest BCUT2D eigenvalue weighted by Gasteiger charge is 2.21. The first kappa shape index (κ1) is 21.4. The van der Waals surface area contributed by atoms with Gasteiger partial charge in [0.2, 0.25) is 0 Å². The normalized spacial score (nSPS) is 10.2. The highest BCUT2D eigenvalue weighted by Crippen LogP contribution is 2.31. The van der Waals surface area contributed by atoms with Gasteiger partial charge in [-0.25, -0.2) is 0 Å². The zero-order chi connectivity index (χ0) is 22.4. The van der Waals surface area contributed by atoms with Crippen LogP contribution in [-0.2, 0) is 4.79 Å². The van der Waals surface area contributed by atoms with Crippen LogP contribution in [-0.4, -0.2) is 28.3 Å². The van der Waals surface area contributed by atoms with Gasteiger partial charge in [0.15, 0.2) is 12.4 Å². The van der Waals surface area contributed by atoms with Crippen LogP contribution >= 0.6 is 11.3 Å². The van der Waals surface area contributed by atoms with E-state index < -0.39 is 33.7 Å². The third kappa shape index (κ3) is 5.61. The summed E-state index contributed by atoms with van der Waals surface area (Å²) in [7, 11) is 0. The Bertz CT molecular complexity index is 1150. The number of anilines is 2. The lowest BCUT2D eigenvalue weighted by Crippen LogP contribution is -2.20. The molecule has 2 aromatic carbocycles. The van der Waals surface area contributed by atoms with Gasteiger partial charge in [0.25, 0.3) is 17.5 Å². The molecule has 3 aromatic rings. The first-order valence-corrected chi connectivity index (χ1v) is 9.52. The van der Waals surface area contributed by atoms with E-state index in [1.165, 1.54) is 17.4 Å². The molecule has 0 unspecified atom stereocenters. The summed E-state index contributed by atoms with van der Waals surface area (Å²) < 4.78 is 5.17. The maximum Gasteiger partial charge on any atom is 0.317 e. The Balaban J connectivity index is 1.62. The Labute approximate surface area is 178 Å². The largest absolute Gasteiger partial charge is 0.477 e. The number of nitrogens with one attached hydrogen (secondary N) is 2. The van der Waals surface area contributed by atoms with E-state index in [1.54, 1.807) is 35.7 Å². The van der Waals surface area contributed by atoms with Gasteiger partial charge in [-0.2, -0.15) is 0 Å². The molecular weight excluding hydrogens is 428 g/mol. The van der Waals surface area contributed by atoms with Crippen LogP contribution in [0.2, 0.25) is 0 Å². The van der Waals surface area contributed by atoms with Crippen LogP contribution in [0.25, 0.3) is 0 Å². The molecular formula is C19H14N4O7S. The maximum atomic E-state index is 12.2. The minimum atomic E-state index is -0.833. The van der Waals surface area contributed by atoms with Crippen LogP contribution < -0.4 is 15.4 Å². The molecule has 2 amide bonds. The molecule has 0 bridgehead atoms. The van der Waals surface area contributed by atoms with Crippen molar-refractivity contribution in [3.8, 4) is 5.75 Å². The molecule has 0 radical (unpaired) electrons. The Morgan fingerprint density at radius 1 is 0.935 bits per heavy atom. The average molecular weight is 442 g/mol. The average Bonchev–Trinajstić information content (AvgIpc) is 3.27. The number of hydrogen-bond acceptors (Lipinski definition) is 8. The van der Waals surface area contributed by atoms with E-state index in [-0.39, 0.29) is 11.7 Å². The zero-order valence-corrected chi connectivity index (χ0v) is 16.5. The maximum absolute atomic E-state index is 12.2. The molecule has 0 atom stereocenters. The minimum absolute atomic E-state index is 0.275. The second-order valence-corrected chi connectivity index (χ2v) is 6.96. The number of ether oxygens (including phenoxy) is 1. The van der Waals surface area contributed by atoms with E-state index in [0.717, 1.165) is 18.2 Å². The summed E-state index contributed by atoms with van der Waals surface area (Å²) in [5.74, 6) is -1.18. The lowest BCUT2D eigenvalue weighted by Gasteiger charge is -2.09. The van der Waals surface area contributed by atoms with Crippen molar-refractivity contribution in [3.63, 3.8) is 0 Å². The molecule has 1 heterocycles. The smallest absolute Gasteiger partial charge is 0.317 e. The van der Waals surface area contributed by atoms with Gasteiger partial charge >= 0.3 is 5.69 Å². The fourth-order valence-corrected chi connectivity index (χ4v) is 3.12. The number of carbonyl (C=O) groups is 2. The summed E-state index contributed by atoms with van der Waals surface area (Å²) in [6, 6.07) is 12.7. The molecule has 2 N–H and O–H groups in total. The van der Waals surface area contributed by atoms with Crippen molar-refractivity contribution in [2.24, 2.45) is 0 Å². The summed E-state index contributed by atoms with van der Waals surface area (Å²) in [4.78, 5) is 45.1. The summed E-state index contributed by atoms with van der Waals surface area (Å²) in [6.07, 6.45) is 0. The summed E-state index contributed by atoms with van der Waals surface area (Å²) in [5, 5.41) is 28.9. The molecule has 12 heteroatoms. The van der Waals surface area contributed by atoms with E-state index in [9.17, 15) is 29.8 Å². The number of carbonyl (C=O) groups excluding carboxylic acids is 2. The predicted octanol–water partition coefficient (Wildman–Crippen LogP) is 3.83. The van der Waals surface area contributed by atoms with Gasteiger partial charge in [-0.05, 0) is 35.7 Å². The van der Waals surface area contributed by atoms with E-state index in [1.807, 2.05) is 0 Å². The Hall–Kier alpha value is -4.32. The molecule has 0 spiro atoms. The lowest BCUT2D eigenvalue weighted by molar-refractivity contribution is -0.394. The molecule has 0 aliphatic heterocycles. The molecule has 0 saturated carbocycles. The van der Waals surface area contributed by atoms with Gasteiger partial charge in [-0.15, -0.1) is 11.3 Å². The van der Waals surface area contributed by atoms with Gasteiger partial charge in [-0.1, -0.05) is 12.1 Å². The second kappa shape index (κ2) is 9.45.